The van der Waals surface area contributed by atoms with E-state index < -0.39 is 17.1 Å². The number of ketones is 2. The average Bonchev–Trinajstić information content (AvgIpc) is 2.68. The van der Waals surface area contributed by atoms with Crippen LogP contribution in [-0.4, -0.2) is 20.9 Å². The predicted molar refractivity (Wildman–Crippen MR) is 74.2 cm³/mol. The van der Waals surface area contributed by atoms with Crippen molar-refractivity contribution in [3.8, 4) is 11.3 Å². The van der Waals surface area contributed by atoms with Crippen molar-refractivity contribution in [3.63, 3.8) is 0 Å². The first-order chi connectivity index (χ1) is 9.45. The third-order valence-electron chi connectivity index (χ3n) is 3.65. The third kappa shape index (κ3) is 1.40. The van der Waals surface area contributed by atoms with E-state index in [9.17, 15) is 14.4 Å². The van der Waals surface area contributed by atoms with Gasteiger partial charge in [0, 0.05) is 24.2 Å². The highest BCUT2D eigenvalue weighted by atomic mass is 16.2. The molecule has 3 rings (SSSR count). The van der Waals surface area contributed by atoms with Crippen LogP contribution in [0.1, 0.15) is 40.6 Å². The summed E-state index contributed by atoms with van der Waals surface area (Å²) in [5.41, 5.74) is 1.13. The Bertz CT molecular complexity index is 809. The normalized spacial score (nSPS) is 13.6. The molecular weight excluding hydrogens is 256 g/mol. The minimum Gasteiger partial charge on any atom is -0.285 e. The lowest BCUT2D eigenvalue weighted by Crippen LogP contribution is -2.28. The SMILES string of the molecule is CC(C)n1c(=O)c2c(n1C)-c1ccccc1C(=O)C2=O. The zero-order valence-electron chi connectivity index (χ0n) is 11.5. The van der Waals surface area contributed by atoms with Crippen LogP contribution < -0.4 is 5.56 Å². The van der Waals surface area contributed by atoms with E-state index in [0.717, 1.165) is 0 Å². The molecule has 0 radical (unpaired) electrons. The summed E-state index contributed by atoms with van der Waals surface area (Å²) in [7, 11) is 1.74. The molecule has 0 saturated heterocycles. The molecule has 0 aliphatic heterocycles. The van der Waals surface area contributed by atoms with E-state index in [4.69, 9.17) is 0 Å². The summed E-state index contributed by atoms with van der Waals surface area (Å²) >= 11 is 0. The second-order valence-corrected chi connectivity index (χ2v) is 5.19. The van der Waals surface area contributed by atoms with Gasteiger partial charge in [-0.15, -0.1) is 0 Å². The maximum absolute atomic E-state index is 12.4. The molecule has 0 bridgehead atoms. The number of fused-ring (bicyclic) bond motifs is 3. The van der Waals surface area contributed by atoms with Crippen LogP contribution in [0.3, 0.4) is 0 Å². The van der Waals surface area contributed by atoms with Crippen LogP contribution >= 0.6 is 0 Å². The number of rotatable bonds is 1. The van der Waals surface area contributed by atoms with Gasteiger partial charge in [-0.05, 0) is 13.8 Å². The molecule has 0 atom stereocenters. The van der Waals surface area contributed by atoms with Gasteiger partial charge in [0.25, 0.3) is 5.56 Å². The molecular formula is C15H14N2O3. The van der Waals surface area contributed by atoms with E-state index in [2.05, 4.69) is 0 Å². The smallest absolute Gasteiger partial charge is 0.278 e. The number of Topliss-reactive ketones (excluding diaryl/α,β-unsaturated/α-hetero) is 2. The van der Waals surface area contributed by atoms with Crippen molar-refractivity contribution in [2.45, 2.75) is 19.9 Å². The van der Waals surface area contributed by atoms with Gasteiger partial charge in [-0.1, -0.05) is 24.3 Å². The molecule has 102 valence electrons. The monoisotopic (exact) mass is 270 g/mol. The molecule has 1 aromatic carbocycles. The summed E-state index contributed by atoms with van der Waals surface area (Å²) in [5, 5.41) is 0. The molecule has 1 heterocycles. The Morgan fingerprint density at radius 3 is 2.15 bits per heavy atom. The lowest BCUT2D eigenvalue weighted by molar-refractivity contribution is 0.0814. The van der Waals surface area contributed by atoms with Gasteiger partial charge in [0.1, 0.15) is 5.56 Å². The predicted octanol–water partition coefficient (Wildman–Crippen LogP) is 1.81. The fraction of sp³-hybridized carbons (Fsp3) is 0.267. The topological polar surface area (TPSA) is 61.1 Å². The standard InChI is InChI=1S/C15H14N2O3/c1-8(2)17-15(20)11-12(16(17)3)9-6-4-5-7-10(9)13(18)14(11)19/h4-8H,1-3H3. The van der Waals surface area contributed by atoms with Crippen molar-refractivity contribution in [1.29, 1.82) is 0 Å². The zero-order valence-corrected chi connectivity index (χ0v) is 11.5. The molecule has 1 aliphatic carbocycles. The first-order valence-corrected chi connectivity index (χ1v) is 6.45. The minimum atomic E-state index is -0.710. The Morgan fingerprint density at radius 2 is 1.55 bits per heavy atom. The second kappa shape index (κ2) is 4.03. The highest BCUT2D eigenvalue weighted by molar-refractivity contribution is 6.52. The fourth-order valence-corrected chi connectivity index (χ4v) is 2.84. The van der Waals surface area contributed by atoms with Gasteiger partial charge in [0.2, 0.25) is 11.6 Å². The molecule has 0 fully saturated rings. The summed E-state index contributed by atoms with van der Waals surface area (Å²) in [5.74, 6) is -1.31. The van der Waals surface area contributed by atoms with Crippen LogP contribution in [0.5, 0.6) is 0 Å². The lowest BCUT2D eigenvalue weighted by atomic mass is 9.88. The molecule has 0 spiro atoms. The van der Waals surface area contributed by atoms with Crippen molar-refractivity contribution in [1.82, 2.24) is 9.36 Å². The van der Waals surface area contributed by atoms with E-state index in [0.29, 0.717) is 16.8 Å². The van der Waals surface area contributed by atoms with Gasteiger partial charge in [-0.3, -0.25) is 19.1 Å². The Labute approximate surface area is 115 Å². The number of carbonyl (C=O) groups excluding carboxylic acids is 2. The Hall–Kier alpha value is -2.43. The maximum atomic E-state index is 12.4. The van der Waals surface area contributed by atoms with Gasteiger partial charge < -0.3 is 0 Å². The first kappa shape index (κ1) is 12.6. The zero-order chi connectivity index (χ0) is 14.6. The summed E-state index contributed by atoms with van der Waals surface area (Å²) < 4.78 is 3.17. The molecule has 1 aliphatic rings. The van der Waals surface area contributed by atoms with Crippen molar-refractivity contribution < 1.29 is 9.59 Å². The molecule has 0 amide bonds. The van der Waals surface area contributed by atoms with Gasteiger partial charge in [0.05, 0.1) is 5.69 Å². The van der Waals surface area contributed by atoms with E-state index in [1.807, 2.05) is 13.8 Å². The average molecular weight is 270 g/mol. The van der Waals surface area contributed by atoms with Crippen molar-refractivity contribution in [3.05, 3.63) is 45.7 Å². The second-order valence-electron chi connectivity index (χ2n) is 5.19. The minimum absolute atomic E-state index is 0.00935. The number of hydrogen-bond acceptors (Lipinski definition) is 3. The number of nitrogens with zero attached hydrogens (tertiary/aromatic N) is 2. The van der Waals surface area contributed by atoms with E-state index in [-0.39, 0.29) is 11.6 Å². The van der Waals surface area contributed by atoms with Crippen LogP contribution in [-0.2, 0) is 7.05 Å². The molecule has 5 nitrogen and oxygen atoms in total. The van der Waals surface area contributed by atoms with Crippen molar-refractivity contribution in [2.24, 2.45) is 7.05 Å². The van der Waals surface area contributed by atoms with E-state index in [1.54, 1.807) is 36.0 Å². The van der Waals surface area contributed by atoms with Crippen molar-refractivity contribution >= 4 is 11.6 Å². The van der Waals surface area contributed by atoms with Crippen LogP contribution in [0, 0.1) is 0 Å². The van der Waals surface area contributed by atoms with Crippen molar-refractivity contribution in [2.75, 3.05) is 0 Å². The quantitative estimate of drug-likeness (QED) is 0.742. The molecule has 0 unspecified atom stereocenters. The molecule has 0 saturated carbocycles. The molecule has 5 heteroatoms. The van der Waals surface area contributed by atoms with Gasteiger partial charge >= 0.3 is 0 Å². The third-order valence-corrected chi connectivity index (χ3v) is 3.65. The number of aromatic nitrogens is 2. The molecule has 20 heavy (non-hydrogen) atoms. The summed E-state index contributed by atoms with van der Waals surface area (Å²) in [6.07, 6.45) is 0. The van der Waals surface area contributed by atoms with Crippen LogP contribution in [0.25, 0.3) is 11.3 Å². The molecule has 1 aromatic heterocycles. The summed E-state index contributed by atoms with van der Waals surface area (Å²) in [6, 6.07) is 6.81. The summed E-state index contributed by atoms with van der Waals surface area (Å²) in [4.78, 5) is 36.7. The Kier molecular flexibility index (Phi) is 2.54. The van der Waals surface area contributed by atoms with Gasteiger partial charge in [-0.25, -0.2) is 4.68 Å². The highest BCUT2D eigenvalue weighted by Gasteiger charge is 2.36. The van der Waals surface area contributed by atoms with E-state index >= 15 is 0 Å². The van der Waals surface area contributed by atoms with Crippen LogP contribution in [0.15, 0.2) is 29.1 Å². The van der Waals surface area contributed by atoms with E-state index in [1.165, 1.54) is 4.68 Å². The largest absolute Gasteiger partial charge is 0.285 e. The number of benzene rings is 1. The number of carbonyl (C=O) groups is 2. The lowest BCUT2D eigenvalue weighted by Gasteiger charge is -2.16. The Morgan fingerprint density at radius 1 is 0.950 bits per heavy atom. The first-order valence-electron chi connectivity index (χ1n) is 6.45. The van der Waals surface area contributed by atoms with Crippen LogP contribution in [0.4, 0.5) is 0 Å². The van der Waals surface area contributed by atoms with Gasteiger partial charge in [0.15, 0.2) is 0 Å². The van der Waals surface area contributed by atoms with Crippen LogP contribution in [0.2, 0.25) is 0 Å². The maximum Gasteiger partial charge on any atom is 0.278 e. The molecule has 0 N–H and O–H groups in total. The highest BCUT2D eigenvalue weighted by Crippen LogP contribution is 2.32. The molecule has 2 aromatic rings. The van der Waals surface area contributed by atoms with Gasteiger partial charge in [-0.2, -0.15) is 0 Å². The fourth-order valence-electron chi connectivity index (χ4n) is 2.84. The summed E-state index contributed by atoms with van der Waals surface area (Å²) in [6.45, 7) is 3.73. The number of hydrogen-bond donors (Lipinski definition) is 0. The Balaban J connectivity index is 2.48.